The van der Waals surface area contributed by atoms with Crippen LogP contribution in [0, 0.1) is 11.8 Å². The molecule has 0 bridgehead atoms. The second kappa shape index (κ2) is 9.43. The number of benzene rings is 2. The molecule has 0 heterocycles. The molecule has 154 valence electrons. The van der Waals surface area contributed by atoms with Crippen LogP contribution < -0.4 is 25.8 Å². The summed E-state index contributed by atoms with van der Waals surface area (Å²) in [7, 11) is 3.02. The second-order valence-corrected chi connectivity index (χ2v) is 7.10. The summed E-state index contributed by atoms with van der Waals surface area (Å²) in [6, 6.07) is 12.2. The van der Waals surface area contributed by atoms with E-state index < -0.39 is 0 Å². The zero-order valence-corrected chi connectivity index (χ0v) is 16.7. The van der Waals surface area contributed by atoms with Crippen LogP contribution in [0.1, 0.15) is 29.6 Å². The van der Waals surface area contributed by atoms with Crippen molar-refractivity contribution in [1.82, 2.24) is 0 Å². The SMILES string of the molecule is COc1cc(NC(=O)[C@@H]2CCC[C@@H]2CN)c(OC)cc1NC(=O)c1ccccc1. The molecule has 0 spiro atoms. The maximum atomic E-state index is 12.8. The van der Waals surface area contributed by atoms with Crippen molar-refractivity contribution in [3.63, 3.8) is 0 Å². The highest BCUT2D eigenvalue weighted by Crippen LogP contribution is 2.38. The Kier molecular flexibility index (Phi) is 6.72. The van der Waals surface area contributed by atoms with Crippen molar-refractivity contribution >= 4 is 23.2 Å². The third kappa shape index (κ3) is 4.68. The van der Waals surface area contributed by atoms with E-state index in [2.05, 4.69) is 10.6 Å². The predicted molar refractivity (Wildman–Crippen MR) is 112 cm³/mol. The lowest BCUT2D eigenvalue weighted by molar-refractivity contribution is -0.120. The Morgan fingerprint density at radius 1 is 1.00 bits per heavy atom. The Morgan fingerprint density at radius 2 is 1.62 bits per heavy atom. The molecular formula is C22H27N3O4. The summed E-state index contributed by atoms with van der Waals surface area (Å²) < 4.78 is 10.9. The lowest BCUT2D eigenvalue weighted by Gasteiger charge is -2.20. The minimum atomic E-state index is -0.264. The van der Waals surface area contributed by atoms with E-state index in [1.807, 2.05) is 6.07 Å². The number of methoxy groups -OCH3 is 2. The number of carbonyl (C=O) groups is 2. The van der Waals surface area contributed by atoms with Crippen molar-refractivity contribution in [1.29, 1.82) is 0 Å². The highest BCUT2D eigenvalue weighted by Gasteiger charge is 2.32. The Labute approximate surface area is 170 Å². The minimum absolute atomic E-state index is 0.0700. The van der Waals surface area contributed by atoms with Crippen molar-refractivity contribution in [3.05, 3.63) is 48.0 Å². The fourth-order valence-corrected chi connectivity index (χ4v) is 3.77. The summed E-state index contributed by atoms with van der Waals surface area (Å²) >= 11 is 0. The van der Waals surface area contributed by atoms with E-state index in [9.17, 15) is 9.59 Å². The molecule has 2 amide bonds. The molecule has 1 aliphatic rings. The van der Waals surface area contributed by atoms with E-state index in [0.29, 0.717) is 35.0 Å². The summed E-state index contributed by atoms with van der Waals surface area (Å²) in [6.45, 7) is 0.503. The molecule has 7 heteroatoms. The smallest absolute Gasteiger partial charge is 0.255 e. The van der Waals surface area contributed by atoms with Crippen LogP contribution >= 0.6 is 0 Å². The van der Waals surface area contributed by atoms with E-state index in [0.717, 1.165) is 19.3 Å². The largest absolute Gasteiger partial charge is 0.494 e. The zero-order valence-electron chi connectivity index (χ0n) is 16.7. The third-order valence-electron chi connectivity index (χ3n) is 5.36. The van der Waals surface area contributed by atoms with Crippen LogP contribution in [-0.2, 0) is 4.79 Å². The van der Waals surface area contributed by atoms with E-state index in [4.69, 9.17) is 15.2 Å². The van der Waals surface area contributed by atoms with Gasteiger partial charge in [0.2, 0.25) is 5.91 Å². The summed E-state index contributed by atoms with van der Waals surface area (Å²) in [4.78, 5) is 25.3. The number of ether oxygens (including phenoxy) is 2. The molecule has 0 unspecified atom stereocenters. The monoisotopic (exact) mass is 397 g/mol. The molecule has 2 atom stereocenters. The fraction of sp³-hybridized carbons (Fsp3) is 0.364. The van der Waals surface area contributed by atoms with Gasteiger partial charge in [-0.25, -0.2) is 0 Å². The molecule has 2 aromatic rings. The van der Waals surface area contributed by atoms with Gasteiger partial charge in [0.15, 0.2) is 0 Å². The zero-order chi connectivity index (χ0) is 20.8. The summed E-state index contributed by atoms with van der Waals surface area (Å²) in [5.74, 6) is 0.622. The molecule has 0 radical (unpaired) electrons. The van der Waals surface area contributed by atoms with Crippen LogP contribution in [0.3, 0.4) is 0 Å². The normalized spacial score (nSPS) is 18.2. The molecule has 4 N–H and O–H groups in total. The molecule has 0 aromatic heterocycles. The van der Waals surface area contributed by atoms with Gasteiger partial charge in [0.25, 0.3) is 5.91 Å². The maximum Gasteiger partial charge on any atom is 0.255 e. The van der Waals surface area contributed by atoms with Gasteiger partial charge in [-0.05, 0) is 37.4 Å². The van der Waals surface area contributed by atoms with E-state index >= 15 is 0 Å². The van der Waals surface area contributed by atoms with Crippen molar-refractivity contribution in [2.75, 3.05) is 31.4 Å². The standard InChI is InChI=1S/C22H27N3O4/c1-28-19-12-18(25-22(27)16-10-6-9-15(16)13-23)20(29-2)11-17(19)24-21(26)14-7-4-3-5-8-14/h3-5,7-8,11-12,15-16H,6,9-10,13,23H2,1-2H3,(H,24,26)(H,25,27)/t15-,16-/m1/s1. The van der Waals surface area contributed by atoms with Gasteiger partial charge < -0.3 is 25.8 Å². The van der Waals surface area contributed by atoms with E-state index in [1.165, 1.54) is 14.2 Å². The molecule has 1 fully saturated rings. The van der Waals surface area contributed by atoms with Crippen LogP contribution in [0.2, 0.25) is 0 Å². The lowest BCUT2D eigenvalue weighted by Crippen LogP contribution is -2.29. The van der Waals surface area contributed by atoms with Crippen molar-refractivity contribution in [2.45, 2.75) is 19.3 Å². The highest BCUT2D eigenvalue weighted by atomic mass is 16.5. The van der Waals surface area contributed by atoms with Gasteiger partial charge in [-0.3, -0.25) is 9.59 Å². The predicted octanol–water partition coefficient (Wildman–Crippen LogP) is 3.27. The molecule has 0 saturated heterocycles. The number of carbonyl (C=O) groups excluding carboxylic acids is 2. The highest BCUT2D eigenvalue weighted by molar-refractivity contribution is 6.05. The van der Waals surface area contributed by atoms with Crippen molar-refractivity contribution in [3.8, 4) is 11.5 Å². The van der Waals surface area contributed by atoms with Gasteiger partial charge in [-0.1, -0.05) is 24.6 Å². The maximum absolute atomic E-state index is 12.8. The number of hydrogen-bond acceptors (Lipinski definition) is 5. The van der Waals surface area contributed by atoms with E-state index in [1.54, 1.807) is 36.4 Å². The molecule has 1 aliphatic carbocycles. The van der Waals surface area contributed by atoms with Gasteiger partial charge in [-0.2, -0.15) is 0 Å². The molecule has 0 aliphatic heterocycles. The average molecular weight is 397 g/mol. The number of nitrogens with two attached hydrogens (primary N) is 1. The molecule has 1 saturated carbocycles. The number of hydrogen-bond donors (Lipinski definition) is 3. The molecular weight excluding hydrogens is 370 g/mol. The first-order valence-corrected chi connectivity index (χ1v) is 9.70. The molecule has 29 heavy (non-hydrogen) atoms. The lowest BCUT2D eigenvalue weighted by atomic mass is 9.95. The topological polar surface area (TPSA) is 103 Å². The molecule has 7 nitrogen and oxygen atoms in total. The fourth-order valence-electron chi connectivity index (χ4n) is 3.77. The van der Waals surface area contributed by atoms with Gasteiger partial charge in [0.1, 0.15) is 11.5 Å². The average Bonchev–Trinajstić information content (AvgIpc) is 3.24. The van der Waals surface area contributed by atoms with Crippen molar-refractivity contribution in [2.24, 2.45) is 17.6 Å². The second-order valence-electron chi connectivity index (χ2n) is 7.10. The Morgan fingerprint density at radius 3 is 2.21 bits per heavy atom. The van der Waals surface area contributed by atoms with E-state index in [-0.39, 0.29) is 23.7 Å². The van der Waals surface area contributed by atoms with Gasteiger partial charge in [0.05, 0.1) is 25.6 Å². The summed E-state index contributed by atoms with van der Waals surface area (Å²) in [6.07, 6.45) is 2.81. The minimum Gasteiger partial charge on any atom is -0.494 e. The first-order valence-electron chi connectivity index (χ1n) is 9.70. The van der Waals surface area contributed by atoms with Gasteiger partial charge in [0, 0.05) is 23.6 Å². The van der Waals surface area contributed by atoms with Crippen LogP contribution in [0.25, 0.3) is 0 Å². The van der Waals surface area contributed by atoms with Gasteiger partial charge in [-0.15, -0.1) is 0 Å². The van der Waals surface area contributed by atoms with Crippen molar-refractivity contribution < 1.29 is 19.1 Å². The number of nitrogens with one attached hydrogen (secondary N) is 2. The first-order chi connectivity index (χ1) is 14.1. The van der Waals surface area contributed by atoms with Crippen LogP contribution in [0.4, 0.5) is 11.4 Å². The molecule has 3 rings (SSSR count). The Balaban J connectivity index is 1.82. The Bertz CT molecular complexity index is 870. The Hall–Kier alpha value is -3.06. The number of rotatable bonds is 7. The quantitative estimate of drug-likeness (QED) is 0.665. The van der Waals surface area contributed by atoms with Crippen LogP contribution in [0.15, 0.2) is 42.5 Å². The summed E-state index contributed by atoms with van der Waals surface area (Å²) in [5, 5.41) is 5.77. The number of anilines is 2. The van der Waals surface area contributed by atoms with Crippen LogP contribution in [0.5, 0.6) is 11.5 Å². The third-order valence-corrected chi connectivity index (χ3v) is 5.36. The summed E-state index contributed by atoms with van der Waals surface area (Å²) in [5.41, 5.74) is 7.28. The first kappa shape index (κ1) is 20.7. The van der Waals surface area contributed by atoms with Crippen LogP contribution in [-0.4, -0.2) is 32.6 Å². The van der Waals surface area contributed by atoms with Gasteiger partial charge >= 0.3 is 0 Å². The molecule has 2 aromatic carbocycles. The number of amides is 2.